The zero-order valence-corrected chi connectivity index (χ0v) is 14.7. The van der Waals surface area contributed by atoms with Gasteiger partial charge in [-0.25, -0.2) is 0 Å². The van der Waals surface area contributed by atoms with Crippen molar-refractivity contribution in [2.45, 2.75) is 71.1 Å². The summed E-state index contributed by atoms with van der Waals surface area (Å²) < 4.78 is 0. The third kappa shape index (κ3) is 6.72. The first kappa shape index (κ1) is 18.0. The summed E-state index contributed by atoms with van der Waals surface area (Å²) in [7, 11) is 0. The van der Waals surface area contributed by atoms with Gasteiger partial charge in [0.25, 0.3) is 0 Å². The molecule has 0 bridgehead atoms. The highest BCUT2D eigenvalue weighted by Gasteiger charge is 2.18. The number of aryl methyl sites for hydroxylation is 1. The van der Waals surface area contributed by atoms with E-state index in [1.807, 2.05) is 12.1 Å². The van der Waals surface area contributed by atoms with Crippen LogP contribution in [0.1, 0.15) is 80.6 Å². The van der Waals surface area contributed by atoms with E-state index in [-0.39, 0.29) is 0 Å². The lowest BCUT2D eigenvalue weighted by Crippen LogP contribution is -2.13. The van der Waals surface area contributed by atoms with Gasteiger partial charge in [0.2, 0.25) is 0 Å². The Kier molecular flexibility index (Phi) is 8.14. The summed E-state index contributed by atoms with van der Waals surface area (Å²) in [4.78, 5) is 10.6. The second-order valence-electron chi connectivity index (χ2n) is 7.10. The lowest BCUT2D eigenvalue weighted by Gasteiger charge is -2.26. The summed E-state index contributed by atoms with van der Waals surface area (Å²) in [6, 6.07) is 7.95. The van der Waals surface area contributed by atoms with Gasteiger partial charge in [-0.1, -0.05) is 69.0 Å². The molecule has 1 fully saturated rings. The standard InChI is InChI=1S/C22H32O/c1-2-3-4-7-19-10-12-20(13-11-19)8-5-6-9-21-14-16-22(18-23)17-15-21/h5,8,14-20H,2-4,6-7,9-13H2,1H3. The van der Waals surface area contributed by atoms with Crippen molar-refractivity contribution in [2.75, 3.05) is 0 Å². The second-order valence-corrected chi connectivity index (χ2v) is 7.10. The summed E-state index contributed by atoms with van der Waals surface area (Å²) in [5.74, 6) is 1.82. The number of unbranched alkanes of at least 4 members (excludes halogenated alkanes) is 2. The van der Waals surface area contributed by atoms with Crippen LogP contribution in [-0.4, -0.2) is 6.29 Å². The van der Waals surface area contributed by atoms with E-state index < -0.39 is 0 Å². The van der Waals surface area contributed by atoms with Crippen LogP contribution in [0.3, 0.4) is 0 Å². The first-order valence-corrected chi connectivity index (χ1v) is 9.52. The lowest BCUT2D eigenvalue weighted by molar-refractivity contribution is 0.112. The second kappa shape index (κ2) is 10.4. The molecule has 0 aliphatic heterocycles. The number of hydrogen-bond donors (Lipinski definition) is 0. The van der Waals surface area contributed by atoms with Gasteiger partial charge in [-0.15, -0.1) is 0 Å². The molecule has 1 aliphatic rings. The lowest BCUT2D eigenvalue weighted by atomic mass is 9.79. The van der Waals surface area contributed by atoms with Gasteiger partial charge in [0.15, 0.2) is 0 Å². The molecule has 1 aromatic carbocycles. The molecule has 0 radical (unpaired) electrons. The Labute approximate surface area is 142 Å². The fourth-order valence-corrected chi connectivity index (χ4v) is 3.65. The molecule has 0 unspecified atom stereocenters. The Morgan fingerprint density at radius 3 is 2.43 bits per heavy atom. The van der Waals surface area contributed by atoms with E-state index in [0.717, 1.165) is 36.5 Å². The Morgan fingerprint density at radius 1 is 1.04 bits per heavy atom. The van der Waals surface area contributed by atoms with E-state index in [1.165, 1.54) is 56.9 Å². The van der Waals surface area contributed by atoms with Crippen LogP contribution in [-0.2, 0) is 6.42 Å². The zero-order chi connectivity index (χ0) is 16.3. The topological polar surface area (TPSA) is 17.1 Å². The van der Waals surface area contributed by atoms with Crippen LogP contribution in [0.15, 0.2) is 36.4 Å². The quantitative estimate of drug-likeness (QED) is 0.294. The van der Waals surface area contributed by atoms with Crippen molar-refractivity contribution < 1.29 is 4.79 Å². The molecule has 0 heterocycles. The SMILES string of the molecule is CCCCCC1CCC(C=CCCc2ccc(C=O)cc2)CC1. The van der Waals surface area contributed by atoms with Crippen molar-refractivity contribution in [1.82, 2.24) is 0 Å². The average Bonchev–Trinajstić information content (AvgIpc) is 2.61. The summed E-state index contributed by atoms with van der Waals surface area (Å²) in [5.41, 5.74) is 2.08. The highest BCUT2D eigenvalue weighted by molar-refractivity contribution is 5.74. The van der Waals surface area contributed by atoms with Gasteiger partial charge >= 0.3 is 0 Å². The molecule has 1 aliphatic carbocycles. The molecule has 0 amide bonds. The third-order valence-electron chi connectivity index (χ3n) is 5.23. The van der Waals surface area contributed by atoms with E-state index >= 15 is 0 Å². The van der Waals surface area contributed by atoms with Gasteiger partial charge in [0, 0.05) is 5.56 Å². The van der Waals surface area contributed by atoms with Crippen molar-refractivity contribution in [3.05, 3.63) is 47.5 Å². The van der Waals surface area contributed by atoms with E-state index in [1.54, 1.807) is 0 Å². The summed E-state index contributed by atoms with van der Waals surface area (Å²) in [6.07, 6.45) is 19.2. The van der Waals surface area contributed by atoms with Crippen molar-refractivity contribution in [3.8, 4) is 0 Å². The first-order valence-electron chi connectivity index (χ1n) is 9.52. The van der Waals surface area contributed by atoms with Gasteiger partial charge in [0.1, 0.15) is 6.29 Å². The number of allylic oxidation sites excluding steroid dienone is 2. The number of aldehydes is 1. The van der Waals surface area contributed by atoms with Crippen LogP contribution in [0.4, 0.5) is 0 Å². The molecule has 0 spiro atoms. The maximum Gasteiger partial charge on any atom is 0.150 e. The number of rotatable bonds is 9. The van der Waals surface area contributed by atoms with Gasteiger partial charge in [-0.2, -0.15) is 0 Å². The molecule has 0 aromatic heterocycles. The van der Waals surface area contributed by atoms with Crippen molar-refractivity contribution in [1.29, 1.82) is 0 Å². The number of hydrogen-bond acceptors (Lipinski definition) is 1. The van der Waals surface area contributed by atoms with E-state index in [9.17, 15) is 4.79 Å². The van der Waals surface area contributed by atoms with Crippen LogP contribution in [0.25, 0.3) is 0 Å². The van der Waals surface area contributed by atoms with Crippen LogP contribution in [0.2, 0.25) is 0 Å². The molecule has 1 aromatic rings. The number of carbonyl (C=O) groups is 1. The molecule has 23 heavy (non-hydrogen) atoms. The fourth-order valence-electron chi connectivity index (χ4n) is 3.65. The maximum absolute atomic E-state index is 10.6. The Morgan fingerprint density at radius 2 is 1.78 bits per heavy atom. The zero-order valence-electron chi connectivity index (χ0n) is 14.7. The van der Waals surface area contributed by atoms with Crippen molar-refractivity contribution in [2.24, 2.45) is 11.8 Å². The number of benzene rings is 1. The van der Waals surface area contributed by atoms with E-state index in [2.05, 4.69) is 31.2 Å². The Hall–Kier alpha value is -1.37. The largest absolute Gasteiger partial charge is 0.298 e. The predicted octanol–water partition coefficient (Wildman–Crippen LogP) is 6.37. The Bertz CT molecular complexity index is 463. The smallest absolute Gasteiger partial charge is 0.150 e. The summed E-state index contributed by atoms with van der Waals surface area (Å²) in [5, 5.41) is 0. The minimum Gasteiger partial charge on any atom is -0.298 e. The van der Waals surface area contributed by atoms with E-state index in [4.69, 9.17) is 0 Å². The van der Waals surface area contributed by atoms with Crippen LogP contribution in [0, 0.1) is 11.8 Å². The van der Waals surface area contributed by atoms with Crippen LogP contribution >= 0.6 is 0 Å². The molecule has 2 rings (SSSR count). The summed E-state index contributed by atoms with van der Waals surface area (Å²) >= 11 is 0. The minimum absolute atomic E-state index is 0.764. The molecular weight excluding hydrogens is 280 g/mol. The fraction of sp³-hybridized carbons (Fsp3) is 0.591. The van der Waals surface area contributed by atoms with Crippen molar-refractivity contribution in [3.63, 3.8) is 0 Å². The Balaban J connectivity index is 1.62. The molecule has 0 atom stereocenters. The average molecular weight is 312 g/mol. The maximum atomic E-state index is 10.6. The molecule has 0 N–H and O–H groups in total. The highest BCUT2D eigenvalue weighted by Crippen LogP contribution is 2.32. The monoisotopic (exact) mass is 312 g/mol. The predicted molar refractivity (Wildman–Crippen MR) is 98.9 cm³/mol. The van der Waals surface area contributed by atoms with Gasteiger partial charge < -0.3 is 0 Å². The van der Waals surface area contributed by atoms with E-state index in [0.29, 0.717) is 0 Å². The van der Waals surface area contributed by atoms with Crippen molar-refractivity contribution >= 4 is 6.29 Å². The van der Waals surface area contributed by atoms with Gasteiger partial charge in [0.05, 0.1) is 0 Å². The summed E-state index contributed by atoms with van der Waals surface area (Å²) in [6.45, 7) is 2.29. The third-order valence-corrected chi connectivity index (χ3v) is 5.23. The molecule has 0 saturated heterocycles. The van der Waals surface area contributed by atoms with Gasteiger partial charge in [-0.3, -0.25) is 4.79 Å². The first-order chi connectivity index (χ1) is 11.3. The number of carbonyl (C=O) groups excluding carboxylic acids is 1. The highest BCUT2D eigenvalue weighted by atomic mass is 16.1. The molecular formula is C22H32O. The minimum atomic E-state index is 0.764. The molecule has 126 valence electrons. The van der Waals surface area contributed by atoms with Gasteiger partial charge in [-0.05, 0) is 55.9 Å². The van der Waals surface area contributed by atoms with Crippen LogP contribution in [0.5, 0.6) is 0 Å². The normalized spacial score (nSPS) is 21.6. The molecule has 1 nitrogen and oxygen atoms in total. The molecule has 1 saturated carbocycles. The van der Waals surface area contributed by atoms with Crippen LogP contribution < -0.4 is 0 Å². The molecule has 1 heteroatoms.